The van der Waals surface area contributed by atoms with E-state index in [1.54, 1.807) is 17.8 Å². The van der Waals surface area contributed by atoms with Crippen LogP contribution in [0.25, 0.3) is 0 Å². The highest BCUT2D eigenvalue weighted by atomic mass is 35.5. The van der Waals surface area contributed by atoms with Crippen LogP contribution in [-0.2, 0) is 0 Å². The van der Waals surface area contributed by atoms with E-state index in [0.29, 0.717) is 22.5 Å². The van der Waals surface area contributed by atoms with E-state index in [-0.39, 0.29) is 0 Å². The summed E-state index contributed by atoms with van der Waals surface area (Å²) >= 11 is 8.05. The molecule has 0 bridgehead atoms. The van der Waals surface area contributed by atoms with Crippen molar-refractivity contribution in [3.05, 3.63) is 28.3 Å². The zero-order chi connectivity index (χ0) is 15.6. The molecule has 1 saturated heterocycles. The van der Waals surface area contributed by atoms with Gasteiger partial charge in [0.2, 0.25) is 0 Å². The molecule has 0 N–H and O–H groups in total. The molecule has 0 amide bonds. The first-order valence-corrected chi connectivity index (χ1v) is 8.43. The third-order valence-corrected chi connectivity index (χ3v) is 5.07. The number of nitriles is 1. The van der Waals surface area contributed by atoms with Gasteiger partial charge in [-0.05, 0) is 37.0 Å². The molecule has 1 aromatic carbocycles. The largest absolute Gasteiger partial charge is 0.350 e. The van der Waals surface area contributed by atoms with Crippen molar-refractivity contribution in [2.75, 3.05) is 12.8 Å². The van der Waals surface area contributed by atoms with Crippen LogP contribution in [0.1, 0.15) is 31.4 Å². The molecule has 2 rings (SSSR count). The smallest absolute Gasteiger partial charge is 0.164 e. The average Bonchev–Trinajstić information content (AvgIpc) is 2.74. The molecule has 3 nitrogen and oxygen atoms in total. The minimum Gasteiger partial charge on any atom is -0.350 e. The van der Waals surface area contributed by atoms with Crippen molar-refractivity contribution in [3.8, 4) is 6.07 Å². The number of hydrogen-bond acceptors (Lipinski definition) is 3. The van der Waals surface area contributed by atoms with Crippen LogP contribution in [0.5, 0.6) is 0 Å². The molecule has 1 atom stereocenters. The molecule has 5 heteroatoms. The fraction of sp³-hybridized carbons (Fsp3) is 0.500. The van der Waals surface area contributed by atoms with Crippen LogP contribution >= 0.6 is 23.4 Å². The van der Waals surface area contributed by atoms with E-state index in [9.17, 15) is 0 Å². The second-order valence-corrected chi connectivity index (χ2v) is 7.23. The quantitative estimate of drug-likeness (QED) is 0.816. The molecular weight excluding hydrogens is 302 g/mol. The Hall–Kier alpha value is -1.18. The maximum atomic E-state index is 8.97. The highest BCUT2D eigenvalue weighted by Gasteiger charge is 2.27. The Morgan fingerprint density at radius 3 is 2.81 bits per heavy atom. The van der Waals surface area contributed by atoms with Crippen molar-refractivity contribution in [1.29, 1.82) is 5.26 Å². The predicted octanol–water partition coefficient (Wildman–Crippen LogP) is 4.60. The van der Waals surface area contributed by atoms with Gasteiger partial charge < -0.3 is 4.90 Å². The van der Waals surface area contributed by atoms with E-state index >= 15 is 0 Å². The van der Waals surface area contributed by atoms with Crippen LogP contribution in [0.3, 0.4) is 0 Å². The van der Waals surface area contributed by atoms with Crippen molar-refractivity contribution in [2.24, 2.45) is 10.9 Å². The van der Waals surface area contributed by atoms with Crippen LogP contribution in [-0.4, -0.2) is 28.9 Å². The minimum absolute atomic E-state index is 0.534. The molecule has 0 saturated carbocycles. The molecule has 1 aliphatic heterocycles. The standard InChI is InChI=1S/C16H20ClN3S/c1-10(2)5-13-9-21-16(20(13)4)19-15-11(3)6-12(8-18)7-14(15)17/h6-7,10,13H,5,9H2,1-4H3. The number of amidine groups is 1. The number of nitrogens with zero attached hydrogens (tertiary/aromatic N) is 3. The lowest BCUT2D eigenvalue weighted by Gasteiger charge is -2.22. The highest BCUT2D eigenvalue weighted by molar-refractivity contribution is 8.14. The van der Waals surface area contributed by atoms with Gasteiger partial charge >= 0.3 is 0 Å². The fourth-order valence-electron chi connectivity index (χ4n) is 2.46. The summed E-state index contributed by atoms with van der Waals surface area (Å²) in [6.45, 7) is 6.43. The van der Waals surface area contributed by atoms with Crippen LogP contribution < -0.4 is 0 Å². The van der Waals surface area contributed by atoms with Crippen molar-refractivity contribution in [2.45, 2.75) is 33.2 Å². The Bertz CT molecular complexity index is 581. The van der Waals surface area contributed by atoms with Gasteiger partial charge in [-0.25, -0.2) is 4.99 Å². The van der Waals surface area contributed by atoms with Crippen LogP contribution in [0.4, 0.5) is 5.69 Å². The van der Waals surface area contributed by atoms with E-state index in [2.05, 4.69) is 31.9 Å². The topological polar surface area (TPSA) is 39.4 Å². The van der Waals surface area contributed by atoms with Crippen molar-refractivity contribution < 1.29 is 0 Å². The number of rotatable bonds is 3. The predicted molar refractivity (Wildman–Crippen MR) is 91.5 cm³/mol. The first-order valence-electron chi connectivity index (χ1n) is 7.07. The average molecular weight is 322 g/mol. The minimum atomic E-state index is 0.534. The fourth-order valence-corrected chi connectivity index (χ4v) is 3.98. The molecule has 1 unspecified atom stereocenters. The molecule has 21 heavy (non-hydrogen) atoms. The Morgan fingerprint density at radius 1 is 1.52 bits per heavy atom. The van der Waals surface area contributed by atoms with Gasteiger partial charge in [-0.1, -0.05) is 37.2 Å². The number of thioether (sulfide) groups is 1. The SMILES string of the molecule is Cc1cc(C#N)cc(Cl)c1N=C1SCC(CC(C)C)N1C. The summed E-state index contributed by atoms with van der Waals surface area (Å²) in [7, 11) is 2.10. The van der Waals surface area contributed by atoms with E-state index in [1.165, 1.54) is 6.42 Å². The summed E-state index contributed by atoms with van der Waals surface area (Å²) in [5, 5.41) is 10.5. The number of hydrogen-bond donors (Lipinski definition) is 0. The van der Waals surface area contributed by atoms with Crippen LogP contribution in [0.15, 0.2) is 17.1 Å². The zero-order valence-corrected chi connectivity index (χ0v) is 14.4. The monoisotopic (exact) mass is 321 g/mol. The van der Waals surface area contributed by atoms with E-state index in [1.807, 2.05) is 13.0 Å². The van der Waals surface area contributed by atoms with Crippen molar-refractivity contribution >= 4 is 34.2 Å². The van der Waals surface area contributed by atoms with Crippen molar-refractivity contribution in [3.63, 3.8) is 0 Å². The molecule has 0 aromatic heterocycles. The molecule has 1 fully saturated rings. The summed E-state index contributed by atoms with van der Waals surface area (Å²) in [5.74, 6) is 1.75. The molecule has 0 spiro atoms. The van der Waals surface area contributed by atoms with Gasteiger partial charge in [0.15, 0.2) is 5.17 Å². The van der Waals surface area contributed by atoms with Gasteiger partial charge in [-0.2, -0.15) is 5.26 Å². The van der Waals surface area contributed by atoms with Crippen LogP contribution in [0.2, 0.25) is 5.02 Å². The van der Waals surface area contributed by atoms with E-state index in [0.717, 1.165) is 22.2 Å². The first-order chi connectivity index (χ1) is 9.92. The number of aryl methyl sites for hydroxylation is 1. The van der Waals surface area contributed by atoms with E-state index in [4.69, 9.17) is 21.9 Å². The second-order valence-electron chi connectivity index (χ2n) is 5.84. The summed E-state index contributed by atoms with van der Waals surface area (Å²) in [6, 6.07) is 6.16. The van der Waals surface area contributed by atoms with Gasteiger partial charge in [-0.3, -0.25) is 0 Å². The Morgan fingerprint density at radius 2 is 2.24 bits per heavy atom. The summed E-state index contributed by atoms with van der Waals surface area (Å²) < 4.78 is 0. The summed E-state index contributed by atoms with van der Waals surface area (Å²) in [4.78, 5) is 6.98. The molecular formula is C16H20ClN3S. The van der Waals surface area contributed by atoms with Gasteiger partial charge in [0, 0.05) is 18.8 Å². The van der Waals surface area contributed by atoms with Gasteiger partial charge in [0.05, 0.1) is 22.3 Å². The molecule has 0 radical (unpaired) electrons. The Kier molecular flexibility index (Phi) is 5.18. The zero-order valence-electron chi connectivity index (χ0n) is 12.9. The normalized spacial score (nSPS) is 20.3. The van der Waals surface area contributed by atoms with Gasteiger partial charge in [0.25, 0.3) is 0 Å². The first kappa shape index (κ1) is 16.2. The lowest BCUT2D eigenvalue weighted by atomic mass is 10.0. The van der Waals surface area contributed by atoms with Crippen molar-refractivity contribution in [1.82, 2.24) is 4.90 Å². The second kappa shape index (κ2) is 6.72. The molecule has 1 aliphatic rings. The Balaban J connectivity index is 2.27. The number of benzene rings is 1. The summed E-state index contributed by atoms with van der Waals surface area (Å²) in [6.07, 6.45) is 1.17. The van der Waals surface area contributed by atoms with E-state index < -0.39 is 0 Å². The molecule has 1 heterocycles. The van der Waals surface area contributed by atoms with Gasteiger partial charge in [0.1, 0.15) is 0 Å². The Labute approximate surface area is 136 Å². The third-order valence-electron chi connectivity index (χ3n) is 3.59. The van der Waals surface area contributed by atoms with Crippen LogP contribution in [0, 0.1) is 24.2 Å². The maximum absolute atomic E-state index is 8.97. The molecule has 112 valence electrons. The summed E-state index contributed by atoms with van der Waals surface area (Å²) in [5.41, 5.74) is 2.29. The number of aliphatic imine (C=N–C) groups is 1. The lowest BCUT2D eigenvalue weighted by molar-refractivity contribution is 0.351. The van der Waals surface area contributed by atoms with Gasteiger partial charge in [-0.15, -0.1) is 0 Å². The number of halogens is 1. The third kappa shape index (κ3) is 3.72. The molecule has 1 aromatic rings. The molecule has 0 aliphatic carbocycles. The highest BCUT2D eigenvalue weighted by Crippen LogP contribution is 2.34. The maximum Gasteiger partial charge on any atom is 0.164 e. The lowest BCUT2D eigenvalue weighted by Crippen LogP contribution is -2.30.